The Kier molecular flexibility index (Phi) is 32.2. The molecule has 7 nitrogen and oxygen atoms in total. The molecular weight excluding hydrogens is 646 g/mol. The number of methoxy groups -OCH3 is 1. The Balaban J connectivity index is -0.00000114. The maximum absolute atomic E-state index is 12.9. The van der Waals surface area contributed by atoms with Crippen LogP contribution >= 0.6 is 0 Å². The van der Waals surface area contributed by atoms with E-state index in [9.17, 15) is 18.4 Å². The number of halogens is 2. The lowest BCUT2D eigenvalue weighted by atomic mass is 9.73. The second-order valence-electron chi connectivity index (χ2n) is 11.2. The van der Waals surface area contributed by atoms with Gasteiger partial charge in [-0.05, 0) is 89.6 Å². The summed E-state index contributed by atoms with van der Waals surface area (Å²) in [6.45, 7) is 21.9. The van der Waals surface area contributed by atoms with Crippen LogP contribution in [-0.2, 0) is 26.3 Å². The summed E-state index contributed by atoms with van der Waals surface area (Å²) in [4.78, 5) is 36.5. The molecule has 288 valence electrons. The summed E-state index contributed by atoms with van der Waals surface area (Å²) < 4.78 is 26.4. The van der Waals surface area contributed by atoms with Crippen LogP contribution < -0.4 is 5.73 Å². The highest BCUT2D eigenvalue weighted by Crippen LogP contribution is 2.37. The van der Waals surface area contributed by atoms with Crippen molar-refractivity contribution in [3.05, 3.63) is 94.9 Å². The van der Waals surface area contributed by atoms with Gasteiger partial charge >= 0.3 is 0 Å². The van der Waals surface area contributed by atoms with E-state index in [0.29, 0.717) is 25.9 Å². The van der Waals surface area contributed by atoms with Gasteiger partial charge in [0.15, 0.2) is 0 Å². The van der Waals surface area contributed by atoms with Gasteiger partial charge in [0, 0.05) is 57.4 Å². The van der Waals surface area contributed by atoms with E-state index in [2.05, 4.69) is 29.6 Å². The molecule has 2 aromatic rings. The third kappa shape index (κ3) is 19.9. The summed E-state index contributed by atoms with van der Waals surface area (Å²) in [5.74, 6) is -0.230. The van der Waals surface area contributed by atoms with E-state index in [1.54, 1.807) is 46.5 Å². The number of rotatable bonds is 9. The predicted octanol–water partition coefficient (Wildman–Crippen LogP) is 10.6. The van der Waals surface area contributed by atoms with Gasteiger partial charge < -0.3 is 15.4 Å². The number of aromatic nitrogens is 2. The van der Waals surface area contributed by atoms with Crippen LogP contribution in [0.1, 0.15) is 124 Å². The molecule has 2 aromatic heterocycles. The zero-order chi connectivity index (χ0) is 39.8. The maximum atomic E-state index is 12.9. The second kappa shape index (κ2) is 32.0. The molecule has 0 bridgehead atoms. The largest absolute Gasteiger partial charge is 0.388 e. The van der Waals surface area contributed by atoms with Gasteiger partial charge in [-0.3, -0.25) is 19.6 Å². The van der Waals surface area contributed by atoms with E-state index in [1.165, 1.54) is 19.1 Å². The molecule has 0 aromatic carbocycles. The molecule has 1 aliphatic rings. The zero-order valence-electron chi connectivity index (χ0n) is 33.9. The number of primary amides is 1. The van der Waals surface area contributed by atoms with Gasteiger partial charge in [0.05, 0.1) is 16.9 Å². The first-order valence-corrected chi connectivity index (χ1v) is 18.1. The third-order valence-corrected chi connectivity index (χ3v) is 7.54. The minimum absolute atomic E-state index is 0.0561. The molecule has 1 unspecified atom stereocenters. The molecule has 51 heavy (non-hydrogen) atoms. The van der Waals surface area contributed by atoms with Crippen molar-refractivity contribution in [1.29, 1.82) is 0 Å². The molecule has 2 N–H and O–H groups in total. The molecular formula is C42H68F2N4O3. The average molecular weight is 715 g/mol. The monoisotopic (exact) mass is 715 g/mol. The Morgan fingerprint density at radius 2 is 1.69 bits per heavy atom. The topological polar surface area (TPSA) is 98.4 Å². The summed E-state index contributed by atoms with van der Waals surface area (Å²) in [5, 5.41) is 0. The highest BCUT2D eigenvalue weighted by atomic mass is 19.1. The Labute approximate surface area is 309 Å². The normalized spacial score (nSPS) is 16.3. The van der Waals surface area contributed by atoms with Crippen molar-refractivity contribution in [3.8, 4) is 0 Å². The molecule has 0 fully saturated rings. The number of ether oxygens (including phenoxy) is 1. The van der Waals surface area contributed by atoms with Crippen molar-refractivity contribution in [2.24, 2.45) is 11.7 Å². The smallest absolute Gasteiger partial charge is 0.228 e. The van der Waals surface area contributed by atoms with E-state index >= 15 is 0 Å². The van der Waals surface area contributed by atoms with Crippen LogP contribution in [0.2, 0.25) is 0 Å². The molecule has 1 atom stereocenters. The van der Waals surface area contributed by atoms with Crippen molar-refractivity contribution in [3.63, 3.8) is 0 Å². The van der Waals surface area contributed by atoms with E-state index in [0.717, 1.165) is 40.8 Å². The number of nitrogens with two attached hydrogens (primary N) is 1. The number of alkyl halides is 1. The first-order valence-electron chi connectivity index (χ1n) is 18.1. The summed E-state index contributed by atoms with van der Waals surface area (Å²) in [6.07, 6.45) is 18.5. The van der Waals surface area contributed by atoms with Crippen LogP contribution in [0.15, 0.2) is 72.5 Å². The molecule has 9 heteroatoms. The van der Waals surface area contributed by atoms with E-state index in [-0.39, 0.29) is 30.2 Å². The lowest BCUT2D eigenvalue weighted by Crippen LogP contribution is -2.41. The summed E-state index contributed by atoms with van der Waals surface area (Å²) in [6, 6.07) is 5.84. The van der Waals surface area contributed by atoms with Crippen LogP contribution in [0.4, 0.5) is 8.78 Å². The van der Waals surface area contributed by atoms with Crippen LogP contribution in [0.3, 0.4) is 0 Å². The van der Waals surface area contributed by atoms with Crippen LogP contribution in [0.5, 0.6) is 0 Å². The third-order valence-electron chi connectivity index (χ3n) is 7.54. The fourth-order valence-corrected chi connectivity index (χ4v) is 4.85. The molecule has 0 saturated carbocycles. The quantitative estimate of drug-likeness (QED) is 0.261. The number of hydrogen-bond donors (Lipinski definition) is 1. The van der Waals surface area contributed by atoms with Crippen LogP contribution in [0, 0.1) is 5.92 Å². The second-order valence-corrected chi connectivity index (χ2v) is 11.2. The van der Waals surface area contributed by atoms with Crippen molar-refractivity contribution in [2.45, 2.75) is 114 Å². The first kappa shape index (κ1) is 51.4. The van der Waals surface area contributed by atoms with Crippen molar-refractivity contribution in [2.75, 3.05) is 27.4 Å². The Bertz CT molecular complexity index is 1320. The lowest BCUT2D eigenvalue weighted by Gasteiger charge is -2.30. The van der Waals surface area contributed by atoms with Crippen molar-refractivity contribution >= 4 is 24.0 Å². The van der Waals surface area contributed by atoms with E-state index < -0.39 is 5.41 Å². The maximum Gasteiger partial charge on any atom is 0.228 e. The van der Waals surface area contributed by atoms with Crippen LogP contribution in [-0.4, -0.2) is 54.1 Å². The van der Waals surface area contributed by atoms with Gasteiger partial charge in [-0.25, -0.2) is 8.78 Å². The van der Waals surface area contributed by atoms with Crippen LogP contribution in [0.25, 0.3) is 12.2 Å². The molecule has 0 radical (unpaired) electrons. The molecule has 2 amide bonds. The SMILES string of the molecule is C/C=C(\C)F.C/C=C/CF.CC.CC.CCC(CC)C(=O)N(CC)Cc1cnc2c(c1)/C=C/CC(C(N)=O)(c1cccnc1)C/C(C)=C/2.COC. The number of hydrogen-bond acceptors (Lipinski definition) is 5. The van der Waals surface area contributed by atoms with Gasteiger partial charge in [0.25, 0.3) is 0 Å². The predicted molar refractivity (Wildman–Crippen MR) is 213 cm³/mol. The number of allylic oxidation sites excluding steroid dienone is 6. The molecule has 1 aliphatic carbocycles. The minimum atomic E-state index is -0.864. The van der Waals surface area contributed by atoms with Gasteiger partial charge in [-0.2, -0.15) is 0 Å². The standard InChI is InChI=1S/C28H36N4O2.2C4H7F.C2H6O.2C2H6/c1-5-22(6-2)26(33)32(7-3)19-21-15-23-10-8-12-28(27(29)34,24-11-9-13-30-18-24)16-20(4)14-25(23)31-17-21;1-3-4(2)5;1-2-3-4-5;1-3-2;2*1-2/h8-11,13-15,17-18,22H,5-7,12,16,19H2,1-4H3,(H2,29,34);3H,1-2H3;2-3H,4H2,1H3;1-2H3;2*1-2H3/b10-8+,20-14+;4-3+;3-2+;;;. The summed E-state index contributed by atoms with van der Waals surface area (Å²) in [7, 11) is 3.25. The van der Waals surface area contributed by atoms with Gasteiger partial charge in [0.2, 0.25) is 11.8 Å². The van der Waals surface area contributed by atoms with Crippen molar-refractivity contribution in [1.82, 2.24) is 14.9 Å². The molecule has 3 rings (SSSR count). The summed E-state index contributed by atoms with van der Waals surface area (Å²) >= 11 is 0. The average Bonchev–Trinajstić information content (AvgIpc) is 3.21. The number of carbonyl (C=O) groups is 2. The highest BCUT2D eigenvalue weighted by Gasteiger charge is 2.38. The summed E-state index contributed by atoms with van der Waals surface area (Å²) in [5.41, 5.74) is 9.74. The zero-order valence-corrected chi connectivity index (χ0v) is 33.9. The Morgan fingerprint density at radius 3 is 2.10 bits per heavy atom. The highest BCUT2D eigenvalue weighted by molar-refractivity contribution is 5.88. The van der Waals surface area contributed by atoms with Gasteiger partial charge in [-0.1, -0.05) is 83.6 Å². The molecule has 0 aliphatic heterocycles. The fraction of sp³-hybridized carbons (Fsp3) is 0.524. The molecule has 2 heterocycles. The van der Waals surface area contributed by atoms with Gasteiger partial charge in [0.1, 0.15) is 6.67 Å². The molecule has 0 spiro atoms. The number of nitrogens with zero attached hydrogens (tertiary/aromatic N) is 3. The molecule has 0 saturated heterocycles. The Morgan fingerprint density at radius 1 is 1.10 bits per heavy atom. The minimum Gasteiger partial charge on any atom is -0.388 e. The van der Waals surface area contributed by atoms with E-state index in [1.807, 2.05) is 83.0 Å². The first-order chi connectivity index (χ1) is 24.4. The number of amides is 2. The number of carbonyl (C=O) groups excluding carboxylic acids is 2. The van der Waals surface area contributed by atoms with Crippen molar-refractivity contribution < 1.29 is 23.1 Å². The number of fused-ring (bicyclic) bond motifs is 1. The lowest BCUT2D eigenvalue weighted by molar-refractivity contribution is -0.136. The number of pyridine rings is 2. The van der Waals surface area contributed by atoms with Gasteiger partial charge in [-0.15, -0.1) is 0 Å². The van der Waals surface area contributed by atoms with E-state index in [4.69, 9.17) is 10.7 Å². The fourth-order valence-electron chi connectivity index (χ4n) is 4.85. The Hall–Kier alpha value is -3.98.